The third-order valence-electron chi connectivity index (χ3n) is 7.47. The Labute approximate surface area is 211 Å². The molecule has 0 radical (unpaired) electrons. The molecule has 1 unspecified atom stereocenters. The van der Waals surface area contributed by atoms with Crippen molar-refractivity contribution in [1.82, 2.24) is 9.80 Å². The van der Waals surface area contributed by atoms with Crippen molar-refractivity contribution < 1.29 is 19.1 Å². The second kappa shape index (κ2) is 10.1. The van der Waals surface area contributed by atoms with Crippen LogP contribution in [0.2, 0.25) is 0 Å². The fourth-order valence-electron chi connectivity index (χ4n) is 5.47. The van der Waals surface area contributed by atoms with Crippen LogP contribution in [-0.4, -0.2) is 86.2 Å². The molecule has 2 saturated heterocycles. The van der Waals surface area contributed by atoms with Crippen molar-refractivity contribution in [2.75, 3.05) is 62.2 Å². The monoisotopic (exact) mass is 491 g/mol. The summed E-state index contributed by atoms with van der Waals surface area (Å²) in [5, 5.41) is 0. The Morgan fingerprint density at radius 1 is 1.00 bits per heavy atom. The second-order valence-corrected chi connectivity index (χ2v) is 9.68. The number of amides is 3. The summed E-state index contributed by atoms with van der Waals surface area (Å²) in [5.41, 5.74) is 10.8. The van der Waals surface area contributed by atoms with Gasteiger partial charge in [0, 0.05) is 62.6 Å². The van der Waals surface area contributed by atoms with Gasteiger partial charge in [-0.3, -0.25) is 9.59 Å². The smallest absolute Gasteiger partial charge is 0.409 e. The normalized spacial score (nSPS) is 20.0. The number of nitrogens with zero attached hydrogens (tertiary/aromatic N) is 4. The standard InChI is InChI=1S/C27H33N5O4/c1-19-5-2-3-6-23(19)30-13-11-29(12-14-30)21-7-8-22-20(17-21)18-24(25(28)33)32(26(22)34)10-4-9-31-15-16-36-27(31)35/h2-3,5-8,17,24H,4,9-16,18H2,1H3,(H2,28,33). The van der Waals surface area contributed by atoms with Gasteiger partial charge in [0.05, 0.1) is 6.54 Å². The van der Waals surface area contributed by atoms with Crippen LogP contribution in [0.3, 0.4) is 0 Å². The zero-order chi connectivity index (χ0) is 25.2. The lowest BCUT2D eigenvalue weighted by molar-refractivity contribution is -0.122. The molecular formula is C27H33N5O4. The number of ether oxygens (including phenoxy) is 1. The van der Waals surface area contributed by atoms with Crippen LogP contribution in [0.25, 0.3) is 0 Å². The molecule has 3 heterocycles. The number of piperazine rings is 1. The van der Waals surface area contributed by atoms with E-state index in [0.717, 1.165) is 37.4 Å². The average Bonchev–Trinajstić information content (AvgIpc) is 3.29. The van der Waals surface area contributed by atoms with Crippen LogP contribution < -0.4 is 15.5 Å². The summed E-state index contributed by atoms with van der Waals surface area (Å²) in [6, 6.07) is 13.7. The number of benzene rings is 2. The van der Waals surface area contributed by atoms with Crippen molar-refractivity contribution in [3.63, 3.8) is 0 Å². The minimum Gasteiger partial charge on any atom is -0.448 e. The van der Waals surface area contributed by atoms with Crippen LogP contribution in [0, 0.1) is 6.92 Å². The Morgan fingerprint density at radius 2 is 1.75 bits per heavy atom. The number of carbonyl (C=O) groups excluding carboxylic acids is 3. The summed E-state index contributed by atoms with van der Waals surface area (Å²) in [6.07, 6.45) is 0.631. The van der Waals surface area contributed by atoms with Crippen molar-refractivity contribution in [2.45, 2.75) is 25.8 Å². The van der Waals surface area contributed by atoms with Gasteiger partial charge >= 0.3 is 6.09 Å². The van der Waals surface area contributed by atoms with E-state index in [2.05, 4.69) is 41.0 Å². The van der Waals surface area contributed by atoms with Crippen molar-refractivity contribution in [1.29, 1.82) is 0 Å². The molecular weight excluding hydrogens is 458 g/mol. The lowest BCUT2D eigenvalue weighted by atomic mass is 9.92. The maximum atomic E-state index is 13.3. The number of anilines is 2. The molecule has 5 rings (SSSR count). The largest absolute Gasteiger partial charge is 0.448 e. The first kappa shape index (κ1) is 24.0. The van der Waals surface area contributed by atoms with E-state index in [4.69, 9.17) is 10.5 Å². The molecule has 0 saturated carbocycles. The fraction of sp³-hybridized carbons (Fsp3) is 0.444. The van der Waals surface area contributed by atoms with Gasteiger partial charge < -0.3 is 30.1 Å². The quantitative estimate of drug-likeness (QED) is 0.636. The lowest BCUT2D eigenvalue weighted by Crippen LogP contribution is -2.53. The number of aryl methyl sites for hydroxylation is 1. The molecule has 0 spiro atoms. The maximum Gasteiger partial charge on any atom is 0.409 e. The molecule has 190 valence electrons. The van der Waals surface area contributed by atoms with Crippen molar-refractivity contribution >= 4 is 29.3 Å². The number of fused-ring (bicyclic) bond motifs is 1. The minimum absolute atomic E-state index is 0.181. The van der Waals surface area contributed by atoms with Gasteiger partial charge in [-0.25, -0.2) is 4.79 Å². The molecule has 2 fully saturated rings. The third-order valence-corrected chi connectivity index (χ3v) is 7.47. The highest BCUT2D eigenvalue weighted by Gasteiger charge is 2.36. The highest BCUT2D eigenvalue weighted by molar-refractivity contribution is 6.01. The van der Waals surface area contributed by atoms with Gasteiger partial charge in [0.1, 0.15) is 12.6 Å². The Morgan fingerprint density at radius 3 is 2.44 bits per heavy atom. The van der Waals surface area contributed by atoms with Crippen LogP contribution in [0.5, 0.6) is 0 Å². The topological polar surface area (TPSA) is 99.4 Å². The molecule has 1 atom stereocenters. The average molecular weight is 492 g/mol. The fourth-order valence-corrected chi connectivity index (χ4v) is 5.47. The van der Waals surface area contributed by atoms with E-state index in [9.17, 15) is 14.4 Å². The molecule has 0 aliphatic carbocycles. The molecule has 9 nitrogen and oxygen atoms in total. The SMILES string of the molecule is Cc1ccccc1N1CCN(c2ccc3c(c2)CC(C(N)=O)N(CCCN2CCOC2=O)C3=O)CC1. The second-order valence-electron chi connectivity index (χ2n) is 9.68. The zero-order valence-corrected chi connectivity index (χ0v) is 20.7. The van der Waals surface area contributed by atoms with Crippen LogP contribution >= 0.6 is 0 Å². The minimum atomic E-state index is -0.691. The molecule has 0 aromatic heterocycles. The highest BCUT2D eigenvalue weighted by atomic mass is 16.6. The van der Waals surface area contributed by atoms with E-state index in [1.807, 2.05) is 18.2 Å². The number of nitrogens with two attached hydrogens (primary N) is 1. The Balaban J connectivity index is 1.26. The molecule has 2 aromatic carbocycles. The third kappa shape index (κ3) is 4.69. The predicted octanol–water partition coefficient (Wildman–Crippen LogP) is 2.02. The Bertz CT molecular complexity index is 1160. The molecule has 3 aliphatic rings. The summed E-state index contributed by atoms with van der Waals surface area (Å²) >= 11 is 0. The van der Waals surface area contributed by atoms with Crippen molar-refractivity contribution in [2.24, 2.45) is 5.73 Å². The van der Waals surface area contributed by atoms with Gasteiger partial charge in [-0.05, 0) is 48.7 Å². The number of rotatable bonds is 7. The van der Waals surface area contributed by atoms with E-state index in [-0.39, 0.29) is 12.0 Å². The number of hydrogen-bond donors (Lipinski definition) is 1. The lowest BCUT2D eigenvalue weighted by Gasteiger charge is -2.39. The van der Waals surface area contributed by atoms with Gasteiger partial charge in [-0.2, -0.15) is 0 Å². The number of cyclic esters (lactones) is 1. The Kier molecular flexibility index (Phi) is 6.71. The first-order valence-corrected chi connectivity index (χ1v) is 12.6. The number of para-hydroxylation sites is 1. The molecule has 2 N–H and O–H groups in total. The number of primary amides is 1. The first-order chi connectivity index (χ1) is 17.4. The summed E-state index contributed by atoms with van der Waals surface area (Å²) in [6.45, 7) is 7.52. The van der Waals surface area contributed by atoms with Gasteiger partial charge in [0.15, 0.2) is 0 Å². The molecule has 0 bridgehead atoms. The summed E-state index contributed by atoms with van der Waals surface area (Å²) in [4.78, 5) is 45.2. The molecule has 3 amide bonds. The molecule has 9 heteroatoms. The van der Waals surface area contributed by atoms with Gasteiger partial charge in [-0.1, -0.05) is 18.2 Å². The predicted molar refractivity (Wildman–Crippen MR) is 137 cm³/mol. The van der Waals surface area contributed by atoms with Gasteiger partial charge in [-0.15, -0.1) is 0 Å². The Hall–Kier alpha value is -3.75. The van der Waals surface area contributed by atoms with Crippen LogP contribution in [0.1, 0.15) is 27.9 Å². The van der Waals surface area contributed by atoms with Gasteiger partial charge in [0.25, 0.3) is 5.91 Å². The van der Waals surface area contributed by atoms with E-state index in [1.165, 1.54) is 11.3 Å². The number of hydrogen-bond acceptors (Lipinski definition) is 6. The summed E-state index contributed by atoms with van der Waals surface area (Å²) in [7, 11) is 0. The molecule has 2 aromatic rings. The molecule has 3 aliphatic heterocycles. The summed E-state index contributed by atoms with van der Waals surface area (Å²) < 4.78 is 4.96. The van der Waals surface area contributed by atoms with E-state index in [0.29, 0.717) is 44.6 Å². The van der Waals surface area contributed by atoms with E-state index >= 15 is 0 Å². The van der Waals surface area contributed by atoms with Crippen molar-refractivity contribution in [3.05, 3.63) is 59.2 Å². The zero-order valence-electron chi connectivity index (χ0n) is 20.7. The summed E-state index contributed by atoms with van der Waals surface area (Å²) in [5.74, 6) is -0.688. The number of carbonyl (C=O) groups is 3. The molecule has 36 heavy (non-hydrogen) atoms. The van der Waals surface area contributed by atoms with Crippen LogP contribution in [-0.2, 0) is 16.0 Å². The van der Waals surface area contributed by atoms with E-state index in [1.54, 1.807) is 9.80 Å². The van der Waals surface area contributed by atoms with Crippen molar-refractivity contribution in [3.8, 4) is 0 Å². The first-order valence-electron chi connectivity index (χ1n) is 12.6. The van der Waals surface area contributed by atoms with Crippen LogP contribution in [0.15, 0.2) is 42.5 Å². The maximum absolute atomic E-state index is 13.3. The van der Waals surface area contributed by atoms with Gasteiger partial charge in [0.2, 0.25) is 5.91 Å². The highest BCUT2D eigenvalue weighted by Crippen LogP contribution is 2.29. The van der Waals surface area contributed by atoms with Crippen LogP contribution in [0.4, 0.5) is 16.2 Å². The van der Waals surface area contributed by atoms with E-state index < -0.39 is 11.9 Å².